The van der Waals surface area contributed by atoms with Crippen molar-refractivity contribution in [1.82, 2.24) is 0 Å². The molecule has 2 nitrogen and oxygen atoms in total. The molecule has 0 aromatic heterocycles. The second kappa shape index (κ2) is 6.08. The SMILES string of the molecule is CC(C)Oc1ccc(C(N)C2CCC(F)(F)CC2)cc1. The minimum absolute atomic E-state index is 0.0418. The summed E-state index contributed by atoms with van der Waals surface area (Å²) in [6.07, 6.45) is 1.05. The van der Waals surface area contributed by atoms with Gasteiger partial charge in [-0.1, -0.05) is 12.1 Å². The Morgan fingerprint density at radius 1 is 1.15 bits per heavy atom. The summed E-state index contributed by atoms with van der Waals surface area (Å²) in [5.41, 5.74) is 7.22. The van der Waals surface area contributed by atoms with Gasteiger partial charge in [0.1, 0.15) is 5.75 Å². The molecule has 1 fully saturated rings. The molecule has 0 heterocycles. The van der Waals surface area contributed by atoms with Crippen LogP contribution in [0, 0.1) is 5.92 Å². The molecule has 0 radical (unpaired) electrons. The molecule has 1 aromatic carbocycles. The van der Waals surface area contributed by atoms with Crippen molar-refractivity contribution in [2.24, 2.45) is 11.7 Å². The van der Waals surface area contributed by atoms with E-state index in [0.717, 1.165) is 11.3 Å². The van der Waals surface area contributed by atoms with Gasteiger partial charge in [0.15, 0.2) is 0 Å². The maximum atomic E-state index is 13.2. The Kier molecular flexibility index (Phi) is 4.63. The van der Waals surface area contributed by atoms with E-state index in [1.165, 1.54) is 0 Å². The van der Waals surface area contributed by atoms with Crippen LogP contribution >= 0.6 is 0 Å². The maximum absolute atomic E-state index is 13.2. The minimum atomic E-state index is -2.49. The van der Waals surface area contributed by atoms with Gasteiger partial charge in [-0.3, -0.25) is 0 Å². The number of ether oxygens (including phenoxy) is 1. The number of benzene rings is 1. The molecule has 0 bridgehead atoms. The normalized spacial score (nSPS) is 20.9. The van der Waals surface area contributed by atoms with E-state index >= 15 is 0 Å². The summed E-state index contributed by atoms with van der Waals surface area (Å²) in [6, 6.07) is 7.50. The quantitative estimate of drug-likeness (QED) is 0.894. The van der Waals surface area contributed by atoms with Crippen LogP contribution in [0.15, 0.2) is 24.3 Å². The summed E-state index contributed by atoms with van der Waals surface area (Å²) >= 11 is 0. The standard InChI is InChI=1S/C16H23F2NO/c1-11(2)20-14-5-3-12(4-6-14)15(19)13-7-9-16(17,18)10-8-13/h3-6,11,13,15H,7-10,19H2,1-2H3. The van der Waals surface area contributed by atoms with Crippen LogP contribution in [-0.4, -0.2) is 12.0 Å². The first kappa shape index (κ1) is 15.2. The molecule has 0 saturated heterocycles. The van der Waals surface area contributed by atoms with Crippen LogP contribution in [0.25, 0.3) is 0 Å². The van der Waals surface area contributed by atoms with Gasteiger partial charge < -0.3 is 10.5 Å². The van der Waals surface area contributed by atoms with Crippen molar-refractivity contribution >= 4 is 0 Å². The fraction of sp³-hybridized carbons (Fsp3) is 0.625. The summed E-state index contributed by atoms with van der Waals surface area (Å²) in [7, 11) is 0. The lowest BCUT2D eigenvalue weighted by atomic mass is 9.80. The van der Waals surface area contributed by atoms with Gasteiger partial charge in [-0.05, 0) is 50.3 Å². The van der Waals surface area contributed by atoms with E-state index in [1.807, 2.05) is 38.1 Å². The molecule has 1 aliphatic carbocycles. The number of hydrogen-bond donors (Lipinski definition) is 1. The van der Waals surface area contributed by atoms with E-state index in [1.54, 1.807) is 0 Å². The highest BCUT2D eigenvalue weighted by Gasteiger charge is 2.37. The zero-order valence-corrected chi connectivity index (χ0v) is 12.1. The highest BCUT2D eigenvalue weighted by atomic mass is 19.3. The smallest absolute Gasteiger partial charge is 0.248 e. The molecular weight excluding hydrogens is 260 g/mol. The molecule has 1 saturated carbocycles. The summed E-state index contributed by atoms with van der Waals surface area (Å²) in [5.74, 6) is -1.54. The molecule has 2 rings (SSSR count). The fourth-order valence-electron chi connectivity index (χ4n) is 2.73. The molecule has 0 spiro atoms. The first-order valence-corrected chi connectivity index (χ1v) is 7.27. The first-order chi connectivity index (χ1) is 9.37. The Morgan fingerprint density at radius 2 is 1.70 bits per heavy atom. The summed E-state index contributed by atoms with van der Waals surface area (Å²) in [5, 5.41) is 0. The lowest BCUT2D eigenvalue weighted by Crippen LogP contribution is -2.30. The van der Waals surface area contributed by atoms with Crippen molar-refractivity contribution in [3.63, 3.8) is 0 Å². The van der Waals surface area contributed by atoms with Gasteiger partial charge in [-0.2, -0.15) is 0 Å². The molecule has 4 heteroatoms. The predicted octanol–water partition coefficient (Wildman–Crippen LogP) is 4.30. The third-order valence-electron chi connectivity index (χ3n) is 3.91. The van der Waals surface area contributed by atoms with Crippen LogP contribution in [0.3, 0.4) is 0 Å². The van der Waals surface area contributed by atoms with E-state index < -0.39 is 5.92 Å². The van der Waals surface area contributed by atoms with Crippen LogP contribution in [0.4, 0.5) is 8.78 Å². The first-order valence-electron chi connectivity index (χ1n) is 7.27. The zero-order chi connectivity index (χ0) is 14.8. The van der Waals surface area contributed by atoms with Crippen molar-refractivity contribution < 1.29 is 13.5 Å². The lowest BCUT2D eigenvalue weighted by Gasteiger charge is -2.32. The highest BCUT2D eigenvalue weighted by Crippen LogP contribution is 2.40. The second-order valence-electron chi connectivity index (χ2n) is 5.95. The Morgan fingerprint density at radius 3 is 2.20 bits per heavy atom. The van der Waals surface area contributed by atoms with Crippen LogP contribution < -0.4 is 10.5 Å². The molecule has 1 unspecified atom stereocenters. The van der Waals surface area contributed by atoms with Crippen molar-refractivity contribution in [3.05, 3.63) is 29.8 Å². The van der Waals surface area contributed by atoms with Gasteiger partial charge >= 0.3 is 0 Å². The van der Waals surface area contributed by atoms with E-state index in [9.17, 15) is 8.78 Å². The third-order valence-corrected chi connectivity index (χ3v) is 3.91. The zero-order valence-electron chi connectivity index (χ0n) is 12.1. The van der Waals surface area contributed by atoms with Crippen molar-refractivity contribution in [2.75, 3.05) is 0 Å². The maximum Gasteiger partial charge on any atom is 0.248 e. The number of halogens is 2. The van der Waals surface area contributed by atoms with E-state index in [0.29, 0.717) is 12.8 Å². The molecule has 20 heavy (non-hydrogen) atoms. The van der Waals surface area contributed by atoms with E-state index in [-0.39, 0.29) is 30.9 Å². The van der Waals surface area contributed by atoms with Crippen molar-refractivity contribution in [2.45, 2.75) is 57.6 Å². The summed E-state index contributed by atoms with van der Waals surface area (Å²) in [4.78, 5) is 0. The molecule has 1 aromatic rings. The van der Waals surface area contributed by atoms with Gasteiger partial charge in [0.25, 0.3) is 0 Å². The molecule has 1 atom stereocenters. The highest BCUT2D eigenvalue weighted by molar-refractivity contribution is 5.29. The van der Waals surface area contributed by atoms with Gasteiger partial charge in [0.05, 0.1) is 6.10 Å². The minimum Gasteiger partial charge on any atom is -0.491 e. The summed E-state index contributed by atoms with van der Waals surface area (Å²) in [6.45, 7) is 3.95. The number of hydrogen-bond acceptors (Lipinski definition) is 2. The Bertz CT molecular complexity index is 421. The Hall–Kier alpha value is -1.16. The Balaban J connectivity index is 1.97. The lowest BCUT2D eigenvalue weighted by molar-refractivity contribution is -0.0483. The van der Waals surface area contributed by atoms with Crippen LogP contribution in [0.1, 0.15) is 51.1 Å². The average Bonchev–Trinajstić information content (AvgIpc) is 2.38. The number of alkyl halides is 2. The van der Waals surface area contributed by atoms with Gasteiger partial charge in [-0.25, -0.2) is 8.78 Å². The second-order valence-corrected chi connectivity index (χ2v) is 5.95. The monoisotopic (exact) mass is 283 g/mol. The topological polar surface area (TPSA) is 35.2 Å². The molecule has 1 aliphatic rings. The van der Waals surface area contributed by atoms with Crippen LogP contribution in [0.5, 0.6) is 5.75 Å². The van der Waals surface area contributed by atoms with Crippen LogP contribution in [-0.2, 0) is 0 Å². The van der Waals surface area contributed by atoms with Crippen LogP contribution in [0.2, 0.25) is 0 Å². The Labute approximate surface area is 119 Å². The number of nitrogens with two attached hydrogens (primary N) is 1. The van der Waals surface area contributed by atoms with Gasteiger partial charge in [-0.15, -0.1) is 0 Å². The van der Waals surface area contributed by atoms with E-state index in [2.05, 4.69) is 0 Å². The molecule has 2 N–H and O–H groups in total. The van der Waals surface area contributed by atoms with Crippen molar-refractivity contribution in [3.8, 4) is 5.75 Å². The molecule has 0 amide bonds. The fourth-order valence-corrected chi connectivity index (χ4v) is 2.73. The van der Waals surface area contributed by atoms with Gasteiger partial charge in [0.2, 0.25) is 5.92 Å². The van der Waals surface area contributed by atoms with Crippen molar-refractivity contribution in [1.29, 1.82) is 0 Å². The van der Waals surface area contributed by atoms with Gasteiger partial charge in [0, 0.05) is 18.9 Å². The average molecular weight is 283 g/mol. The largest absolute Gasteiger partial charge is 0.491 e. The number of rotatable bonds is 4. The molecule has 0 aliphatic heterocycles. The van der Waals surface area contributed by atoms with E-state index in [4.69, 9.17) is 10.5 Å². The molecule has 112 valence electrons. The summed E-state index contributed by atoms with van der Waals surface area (Å²) < 4.78 is 31.9. The predicted molar refractivity (Wildman–Crippen MR) is 76.0 cm³/mol. The molecular formula is C16H23F2NO. The third kappa shape index (κ3) is 3.92.